The molecule has 1 aromatic rings. The number of hydrogen-bond donors (Lipinski definition) is 2. The number of nitrogens with one attached hydrogen (secondary N) is 2. The zero-order valence-electron chi connectivity index (χ0n) is 14.3. The molecule has 0 spiro atoms. The highest BCUT2D eigenvalue weighted by molar-refractivity contribution is 7.99. The number of amides is 2. The number of halogens is 1. The number of anilines is 1. The number of nitrogens with zero attached hydrogens (tertiary/aromatic N) is 1. The van der Waals surface area contributed by atoms with Crippen LogP contribution in [-0.4, -0.2) is 54.4 Å². The molecule has 0 bridgehead atoms. The third kappa shape index (κ3) is 5.90. The van der Waals surface area contributed by atoms with Gasteiger partial charge in [0, 0.05) is 42.3 Å². The Kier molecular flexibility index (Phi) is 8.06. The van der Waals surface area contributed by atoms with Crippen molar-refractivity contribution >= 4 is 41.7 Å². The van der Waals surface area contributed by atoms with Crippen molar-refractivity contribution in [1.82, 2.24) is 10.2 Å². The quantitative estimate of drug-likeness (QED) is 0.820. The summed E-state index contributed by atoms with van der Waals surface area (Å²) in [6.45, 7) is 3.68. The summed E-state index contributed by atoms with van der Waals surface area (Å²) in [6, 6.07) is 7.29. The van der Waals surface area contributed by atoms with Crippen LogP contribution in [-0.2, 0) is 4.79 Å². The number of carbonyl (C=O) groups excluding carboxylic acids is 2. The molecule has 5 nitrogen and oxygen atoms in total. The Morgan fingerprint density at radius 2 is 2.08 bits per heavy atom. The van der Waals surface area contributed by atoms with E-state index in [0.717, 1.165) is 50.5 Å². The first-order valence-electron chi connectivity index (χ1n) is 8.70. The molecule has 1 aromatic carbocycles. The second-order valence-electron chi connectivity index (χ2n) is 6.43. The summed E-state index contributed by atoms with van der Waals surface area (Å²) in [4.78, 5) is 26.6. The van der Waals surface area contributed by atoms with Crippen molar-refractivity contribution in [2.75, 3.05) is 43.0 Å². The van der Waals surface area contributed by atoms with Crippen LogP contribution >= 0.6 is 24.2 Å². The van der Waals surface area contributed by atoms with Gasteiger partial charge in [0.05, 0.1) is 0 Å². The number of carbonyl (C=O) groups is 2. The summed E-state index contributed by atoms with van der Waals surface area (Å²) in [5.74, 6) is 2.70. The lowest BCUT2D eigenvalue weighted by Gasteiger charge is -2.26. The summed E-state index contributed by atoms with van der Waals surface area (Å²) in [5.41, 5.74) is 1.36. The summed E-state index contributed by atoms with van der Waals surface area (Å²) >= 11 is 1.88. The Hall–Kier alpha value is -1.24. The lowest BCUT2D eigenvalue weighted by Crippen LogP contribution is -2.37. The van der Waals surface area contributed by atoms with Crippen LogP contribution in [0.5, 0.6) is 0 Å². The van der Waals surface area contributed by atoms with E-state index >= 15 is 0 Å². The molecule has 0 saturated carbocycles. The number of benzene rings is 1. The van der Waals surface area contributed by atoms with E-state index in [9.17, 15) is 9.59 Å². The second kappa shape index (κ2) is 10.0. The predicted molar refractivity (Wildman–Crippen MR) is 106 cm³/mol. The van der Waals surface area contributed by atoms with E-state index in [4.69, 9.17) is 0 Å². The van der Waals surface area contributed by atoms with Gasteiger partial charge < -0.3 is 15.5 Å². The van der Waals surface area contributed by atoms with E-state index < -0.39 is 0 Å². The zero-order valence-corrected chi connectivity index (χ0v) is 16.0. The van der Waals surface area contributed by atoms with Crippen LogP contribution in [0, 0.1) is 5.92 Å². The second-order valence-corrected chi connectivity index (χ2v) is 7.66. The lowest BCUT2D eigenvalue weighted by molar-refractivity contribution is -0.116. The molecule has 138 valence electrons. The minimum absolute atomic E-state index is 0. The molecule has 0 aromatic heterocycles. The fourth-order valence-electron chi connectivity index (χ4n) is 3.20. The van der Waals surface area contributed by atoms with E-state index in [1.807, 2.05) is 34.9 Å². The van der Waals surface area contributed by atoms with Gasteiger partial charge >= 0.3 is 0 Å². The summed E-state index contributed by atoms with van der Waals surface area (Å²) in [5, 5.41) is 6.25. The van der Waals surface area contributed by atoms with Gasteiger partial charge in [0.25, 0.3) is 5.91 Å². The maximum Gasteiger partial charge on any atom is 0.253 e. The van der Waals surface area contributed by atoms with Crippen LogP contribution in [0.1, 0.15) is 29.6 Å². The molecule has 2 amide bonds. The average Bonchev–Trinajstić information content (AvgIpc) is 3.14. The Morgan fingerprint density at radius 1 is 1.28 bits per heavy atom. The highest BCUT2D eigenvalue weighted by Crippen LogP contribution is 2.18. The summed E-state index contributed by atoms with van der Waals surface area (Å²) < 4.78 is 0. The predicted octanol–water partition coefficient (Wildman–Crippen LogP) is 2.63. The Balaban J connectivity index is 0.00000225. The standard InChI is InChI=1S/C18H25N3O2S.ClH/c22-17(5-4-14-6-7-19-13-14)20-16-3-1-2-15(12-16)18(23)21-8-10-24-11-9-21;/h1-3,12,14,19H,4-11,13H2,(H,20,22);1H. The zero-order chi connectivity index (χ0) is 16.8. The minimum Gasteiger partial charge on any atom is -0.337 e. The van der Waals surface area contributed by atoms with Gasteiger partial charge in [-0.15, -0.1) is 12.4 Å². The van der Waals surface area contributed by atoms with E-state index in [2.05, 4.69) is 10.6 Å². The first kappa shape index (κ1) is 20.1. The Morgan fingerprint density at radius 3 is 2.80 bits per heavy atom. The number of rotatable bonds is 5. The third-order valence-electron chi connectivity index (χ3n) is 4.63. The molecule has 2 aliphatic heterocycles. The SMILES string of the molecule is Cl.O=C(CCC1CCNC1)Nc1cccc(C(=O)N2CCSCC2)c1. The number of thioether (sulfide) groups is 1. The fraction of sp³-hybridized carbons (Fsp3) is 0.556. The van der Waals surface area contributed by atoms with Crippen molar-refractivity contribution in [3.8, 4) is 0 Å². The lowest BCUT2D eigenvalue weighted by atomic mass is 10.0. The van der Waals surface area contributed by atoms with E-state index in [0.29, 0.717) is 23.6 Å². The van der Waals surface area contributed by atoms with Crippen LogP contribution in [0.3, 0.4) is 0 Å². The molecule has 1 unspecified atom stereocenters. The van der Waals surface area contributed by atoms with E-state index in [-0.39, 0.29) is 24.2 Å². The maximum atomic E-state index is 12.5. The topological polar surface area (TPSA) is 61.4 Å². The molecule has 1 atom stereocenters. The van der Waals surface area contributed by atoms with Gasteiger partial charge in [-0.3, -0.25) is 9.59 Å². The van der Waals surface area contributed by atoms with Crippen molar-refractivity contribution in [3.63, 3.8) is 0 Å². The van der Waals surface area contributed by atoms with Gasteiger partial charge in [-0.2, -0.15) is 11.8 Å². The molecule has 3 rings (SSSR count). The van der Waals surface area contributed by atoms with Crippen LogP contribution in [0.25, 0.3) is 0 Å². The molecule has 0 aliphatic carbocycles. The molecular weight excluding hydrogens is 358 g/mol. The maximum absolute atomic E-state index is 12.5. The molecule has 25 heavy (non-hydrogen) atoms. The molecular formula is C18H26ClN3O2S. The first-order valence-corrected chi connectivity index (χ1v) is 9.85. The highest BCUT2D eigenvalue weighted by Gasteiger charge is 2.19. The van der Waals surface area contributed by atoms with Gasteiger partial charge in [0.15, 0.2) is 0 Å². The largest absolute Gasteiger partial charge is 0.337 e. The van der Waals surface area contributed by atoms with Crippen LogP contribution in [0.15, 0.2) is 24.3 Å². The fourth-order valence-corrected chi connectivity index (χ4v) is 4.10. The molecule has 2 N–H and O–H groups in total. The normalized spacial score (nSPS) is 20.0. The third-order valence-corrected chi connectivity index (χ3v) is 5.58. The van der Waals surface area contributed by atoms with Crippen molar-refractivity contribution in [1.29, 1.82) is 0 Å². The first-order chi connectivity index (χ1) is 11.7. The van der Waals surface area contributed by atoms with Crippen LogP contribution in [0.4, 0.5) is 5.69 Å². The van der Waals surface area contributed by atoms with E-state index in [1.165, 1.54) is 0 Å². The van der Waals surface area contributed by atoms with E-state index in [1.54, 1.807) is 6.07 Å². The molecule has 0 radical (unpaired) electrons. The Labute approximate surface area is 159 Å². The van der Waals surface area contributed by atoms with Gasteiger partial charge in [0.2, 0.25) is 5.91 Å². The van der Waals surface area contributed by atoms with Crippen molar-refractivity contribution in [3.05, 3.63) is 29.8 Å². The van der Waals surface area contributed by atoms with Crippen LogP contribution in [0.2, 0.25) is 0 Å². The van der Waals surface area contributed by atoms with Crippen molar-refractivity contribution < 1.29 is 9.59 Å². The van der Waals surface area contributed by atoms with Crippen molar-refractivity contribution in [2.45, 2.75) is 19.3 Å². The summed E-state index contributed by atoms with van der Waals surface area (Å²) in [6.07, 6.45) is 2.61. The molecule has 2 aliphatic rings. The van der Waals surface area contributed by atoms with Crippen LogP contribution < -0.4 is 10.6 Å². The van der Waals surface area contributed by atoms with Gasteiger partial charge in [-0.25, -0.2) is 0 Å². The number of hydrogen-bond acceptors (Lipinski definition) is 4. The molecule has 2 saturated heterocycles. The van der Waals surface area contributed by atoms with Gasteiger partial charge in [0.1, 0.15) is 0 Å². The minimum atomic E-state index is 0. The molecule has 2 heterocycles. The average molecular weight is 384 g/mol. The van der Waals surface area contributed by atoms with Gasteiger partial charge in [-0.1, -0.05) is 6.07 Å². The smallest absolute Gasteiger partial charge is 0.253 e. The van der Waals surface area contributed by atoms with Crippen molar-refractivity contribution in [2.24, 2.45) is 5.92 Å². The Bertz CT molecular complexity index is 587. The summed E-state index contributed by atoms with van der Waals surface area (Å²) in [7, 11) is 0. The molecule has 2 fully saturated rings. The van der Waals surface area contributed by atoms with Gasteiger partial charge in [-0.05, 0) is 50.0 Å². The monoisotopic (exact) mass is 383 g/mol. The molecule has 7 heteroatoms. The highest BCUT2D eigenvalue weighted by atomic mass is 35.5.